The Kier molecular flexibility index (Phi) is 3.64. The molecule has 0 saturated heterocycles. The Balaban J connectivity index is 1.96. The summed E-state index contributed by atoms with van der Waals surface area (Å²) >= 11 is 0. The van der Waals surface area contributed by atoms with Gasteiger partial charge in [0.05, 0.1) is 12.5 Å². The van der Waals surface area contributed by atoms with Gasteiger partial charge in [0.15, 0.2) is 5.78 Å². The average Bonchev–Trinajstić information content (AvgIpc) is 2.54. The van der Waals surface area contributed by atoms with Gasteiger partial charge in [0.25, 0.3) is 0 Å². The number of phenolic OH excluding ortho intramolecular Hbond substituents is 3. The maximum absolute atomic E-state index is 12.8. The molecule has 5 heteroatoms. The monoisotopic (exact) mass is 314 g/mol. The fourth-order valence-corrected chi connectivity index (χ4v) is 2.92. The number of ketones is 1. The Morgan fingerprint density at radius 2 is 1.70 bits per heavy atom. The smallest absolute Gasteiger partial charge is 0.177 e. The van der Waals surface area contributed by atoms with Crippen LogP contribution in [0.5, 0.6) is 23.0 Å². The third-order valence-electron chi connectivity index (χ3n) is 4.33. The summed E-state index contributed by atoms with van der Waals surface area (Å²) in [5, 5.41) is 29.5. The first-order chi connectivity index (χ1) is 10.9. The summed E-state index contributed by atoms with van der Waals surface area (Å²) in [7, 11) is 0. The molecule has 3 N–H and O–H groups in total. The third-order valence-corrected chi connectivity index (χ3v) is 4.33. The number of ether oxygens (including phenoxy) is 1. The second kappa shape index (κ2) is 5.50. The number of phenols is 3. The largest absolute Gasteiger partial charge is 0.508 e. The van der Waals surface area contributed by atoms with E-state index in [9.17, 15) is 20.1 Å². The summed E-state index contributed by atoms with van der Waals surface area (Å²) in [4.78, 5) is 12.8. The summed E-state index contributed by atoms with van der Waals surface area (Å²) in [5.74, 6) is -0.443. The van der Waals surface area contributed by atoms with E-state index in [1.807, 2.05) is 0 Å². The molecule has 120 valence electrons. The quantitative estimate of drug-likeness (QED) is 0.793. The number of aromatic hydroxyl groups is 3. The predicted octanol–water partition coefficient (Wildman–Crippen LogP) is 2.85. The van der Waals surface area contributed by atoms with Gasteiger partial charge in [-0.05, 0) is 38.0 Å². The summed E-state index contributed by atoms with van der Waals surface area (Å²) in [6.45, 7) is 3.42. The highest BCUT2D eigenvalue weighted by Gasteiger charge is 2.34. The highest BCUT2D eigenvalue weighted by Crippen LogP contribution is 2.44. The van der Waals surface area contributed by atoms with Gasteiger partial charge >= 0.3 is 0 Å². The number of carbonyl (C=O) groups excluding carboxylic acids is 1. The Labute approximate surface area is 133 Å². The first-order valence-electron chi connectivity index (χ1n) is 7.40. The van der Waals surface area contributed by atoms with E-state index in [2.05, 4.69) is 0 Å². The summed E-state index contributed by atoms with van der Waals surface area (Å²) in [6.07, 6.45) is 0.455. The van der Waals surface area contributed by atoms with Crippen LogP contribution in [0.15, 0.2) is 24.3 Å². The maximum Gasteiger partial charge on any atom is 0.177 e. The number of rotatable bonds is 2. The van der Waals surface area contributed by atoms with Crippen molar-refractivity contribution in [2.75, 3.05) is 6.61 Å². The van der Waals surface area contributed by atoms with Crippen molar-refractivity contribution in [1.82, 2.24) is 0 Å². The molecule has 1 heterocycles. The van der Waals surface area contributed by atoms with E-state index in [0.717, 1.165) is 5.56 Å². The van der Waals surface area contributed by atoms with Gasteiger partial charge in [0.2, 0.25) is 0 Å². The van der Waals surface area contributed by atoms with Crippen molar-refractivity contribution in [2.24, 2.45) is 5.92 Å². The molecule has 0 saturated carbocycles. The molecule has 1 aliphatic rings. The average molecular weight is 314 g/mol. The second-order valence-corrected chi connectivity index (χ2v) is 5.89. The van der Waals surface area contributed by atoms with E-state index in [0.29, 0.717) is 12.0 Å². The van der Waals surface area contributed by atoms with Gasteiger partial charge < -0.3 is 20.1 Å². The van der Waals surface area contributed by atoms with Crippen LogP contribution in [-0.4, -0.2) is 27.7 Å². The van der Waals surface area contributed by atoms with E-state index < -0.39 is 5.92 Å². The molecular formula is C18H18O5. The molecule has 2 aromatic carbocycles. The minimum atomic E-state index is -0.415. The summed E-state index contributed by atoms with van der Waals surface area (Å²) in [6, 6.07) is 6.65. The van der Waals surface area contributed by atoms with Gasteiger partial charge in [0.1, 0.15) is 28.6 Å². The second-order valence-electron chi connectivity index (χ2n) is 5.89. The Morgan fingerprint density at radius 1 is 1.04 bits per heavy atom. The number of carbonyl (C=O) groups is 1. The number of benzene rings is 2. The highest BCUT2D eigenvalue weighted by molar-refractivity contribution is 6.05. The van der Waals surface area contributed by atoms with Gasteiger partial charge in [-0.25, -0.2) is 0 Å². The van der Waals surface area contributed by atoms with Gasteiger partial charge in [-0.2, -0.15) is 0 Å². The van der Waals surface area contributed by atoms with Crippen molar-refractivity contribution in [3.8, 4) is 23.0 Å². The van der Waals surface area contributed by atoms with Crippen LogP contribution in [0.3, 0.4) is 0 Å². The third kappa shape index (κ3) is 2.48. The predicted molar refractivity (Wildman–Crippen MR) is 84.4 cm³/mol. The van der Waals surface area contributed by atoms with Crippen LogP contribution < -0.4 is 4.74 Å². The van der Waals surface area contributed by atoms with E-state index in [-0.39, 0.29) is 46.5 Å². The van der Waals surface area contributed by atoms with E-state index >= 15 is 0 Å². The topological polar surface area (TPSA) is 87.0 Å². The minimum absolute atomic E-state index is 0.0500. The fourth-order valence-electron chi connectivity index (χ4n) is 2.92. The van der Waals surface area contributed by atoms with Crippen molar-refractivity contribution in [3.63, 3.8) is 0 Å². The lowest BCUT2D eigenvalue weighted by molar-refractivity contribution is 0.0824. The number of hydrogen-bond acceptors (Lipinski definition) is 5. The molecule has 0 aliphatic carbocycles. The molecule has 23 heavy (non-hydrogen) atoms. The lowest BCUT2D eigenvalue weighted by Crippen LogP contribution is -2.30. The molecule has 5 nitrogen and oxygen atoms in total. The molecule has 1 atom stereocenters. The molecule has 0 unspecified atom stereocenters. The zero-order valence-electron chi connectivity index (χ0n) is 13.0. The zero-order chi connectivity index (χ0) is 16.7. The van der Waals surface area contributed by atoms with Crippen LogP contribution in [0, 0.1) is 19.8 Å². The van der Waals surface area contributed by atoms with Gasteiger partial charge in [-0.15, -0.1) is 0 Å². The number of fused-ring (bicyclic) bond motifs is 1. The summed E-state index contributed by atoms with van der Waals surface area (Å²) in [5.41, 5.74) is 1.79. The standard InChI is InChI=1S/C18H18O5/c1-9-15(20)10(2)18-14(16(9)21)17(22)12(8-23-18)7-11-3-5-13(19)6-4-11/h3-6,12,19-21H,7-8H2,1-2H3/t12-/m1/s1. The van der Waals surface area contributed by atoms with Crippen molar-refractivity contribution < 1.29 is 24.9 Å². The lowest BCUT2D eigenvalue weighted by Gasteiger charge is -2.27. The molecule has 3 rings (SSSR count). The minimum Gasteiger partial charge on any atom is -0.508 e. The van der Waals surface area contributed by atoms with Crippen molar-refractivity contribution in [3.05, 3.63) is 46.5 Å². The molecule has 0 spiro atoms. The molecule has 2 aromatic rings. The van der Waals surface area contributed by atoms with Crippen LogP contribution in [0.25, 0.3) is 0 Å². The van der Waals surface area contributed by atoms with Crippen LogP contribution in [-0.2, 0) is 6.42 Å². The SMILES string of the molecule is Cc1c(O)c(C)c2c(c1O)C(=O)[C@H](Cc1ccc(O)cc1)CO2. The van der Waals surface area contributed by atoms with Crippen LogP contribution >= 0.6 is 0 Å². The van der Waals surface area contributed by atoms with Gasteiger partial charge in [0, 0.05) is 11.1 Å². The van der Waals surface area contributed by atoms with Crippen molar-refractivity contribution >= 4 is 5.78 Å². The lowest BCUT2D eigenvalue weighted by atomic mass is 9.87. The van der Waals surface area contributed by atoms with Crippen LogP contribution in [0.4, 0.5) is 0 Å². The first-order valence-corrected chi connectivity index (χ1v) is 7.40. The van der Waals surface area contributed by atoms with E-state index in [1.165, 1.54) is 0 Å². The normalized spacial score (nSPS) is 16.8. The van der Waals surface area contributed by atoms with Crippen LogP contribution in [0.2, 0.25) is 0 Å². The number of hydrogen-bond donors (Lipinski definition) is 3. The first kappa shape index (κ1) is 15.2. The molecule has 1 aliphatic heterocycles. The Morgan fingerprint density at radius 3 is 2.35 bits per heavy atom. The van der Waals surface area contributed by atoms with Crippen molar-refractivity contribution in [2.45, 2.75) is 20.3 Å². The van der Waals surface area contributed by atoms with Crippen LogP contribution in [0.1, 0.15) is 27.0 Å². The number of Topliss-reactive ketones (excluding diaryl/α,β-unsaturated/α-hetero) is 1. The molecular weight excluding hydrogens is 296 g/mol. The molecule has 0 aromatic heterocycles. The van der Waals surface area contributed by atoms with Gasteiger partial charge in [-0.3, -0.25) is 4.79 Å². The van der Waals surface area contributed by atoms with E-state index in [1.54, 1.807) is 38.1 Å². The maximum atomic E-state index is 12.8. The Hall–Kier alpha value is -2.69. The zero-order valence-corrected chi connectivity index (χ0v) is 13.0. The van der Waals surface area contributed by atoms with Crippen molar-refractivity contribution in [1.29, 1.82) is 0 Å². The van der Waals surface area contributed by atoms with Gasteiger partial charge in [-0.1, -0.05) is 12.1 Å². The molecule has 0 bridgehead atoms. The van der Waals surface area contributed by atoms with E-state index in [4.69, 9.17) is 4.74 Å². The highest BCUT2D eigenvalue weighted by atomic mass is 16.5. The molecule has 0 radical (unpaired) electrons. The summed E-state index contributed by atoms with van der Waals surface area (Å²) < 4.78 is 5.66. The Bertz CT molecular complexity index is 777. The molecule has 0 amide bonds. The molecule has 0 fully saturated rings. The fraction of sp³-hybridized carbons (Fsp3) is 0.278.